The van der Waals surface area contributed by atoms with Gasteiger partial charge in [0.05, 0.1) is 24.9 Å². The highest BCUT2D eigenvalue weighted by atomic mass is 16.5. The number of carbonyl (C=O) groups is 1. The van der Waals surface area contributed by atoms with Crippen molar-refractivity contribution in [2.24, 2.45) is 5.92 Å². The number of hydrogen-bond acceptors (Lipinski definition) is 4. The molecule has 0 aliphatic heterocycles. The molecule has 0 fully saturated rings. The zero-order valence-electron chi connectivity index (χ0n) is 8.10. The number of aromatic nitrogens is 2. The van der Waals surface area contributed by atoms with E-state index in [1.807, 2.05) is 0 Å². The van der Waals surface area contributed by atoms with Crippen LogP contribution >= 0.6 is 0 Å². The fourth-order valence-corrected chi connectivity index (χ4v) is 1.04. The third-order valence-corrected chi connectivity index (χ3v) is 1.90. The zero-order chi connectivity index (χ0) is 10.6. The Kier molecular flexibility index (Phi) is 3.39. The third-order valence-electron chi connectivity index (χ3n) is 1.90. The second-order valence-electron chi connectivity index (χ2n) is 2.98. The molecule has 76 valence electrons. The monoisotopic (exact) mass is 196 g/mol. The van der Waals surface area contributed by atoms with Crippen molar-refractivity contribution in [1.29, 1.82) is 0 Å². The predicted molar refractivity (Wildman–Crippen MR) is 49.1 cm³/mol. The van der Waals surface area contributed by atoms with Gasteiger partial charge in [-0.2, -0.15) is 0 Å². The number of carboxylic acids is 1. The lowest BCUT2D eigenvalue weighted by molar-refractivity contribution is -0.141. The highest BCUT2D eigenvalue weighted by Gasteiger charge is 2.15. The normalized spacial score (nSPS) is 12.1. The van der Waals surface area contributed by atoms with Crippen molar-refractivity contribution < 1.29 is 14.6 Å². The topological polar surface area (TPSA) is 72.3 Å². The van der Waals surface area contributed by atoms with Gasteiger partial charge >= 0.3 is 5.97 Å². The molecular weight excluding hydrogens is 184 g/mol. The van der Waals surface area contributed by atoms with E-state index in [1.54, 1.807) is 6.92 Å². The molecule has 5 heteroatoms. The van der Waals surface area contributed by atoms with E-state index in [0.29, 0.717) is 17.9 Å². The Bertz CT molecular complexity index is 328. The molecule has 1 unspecified atom stereocenters. The molecule has 0 aromatic carbocycles. The van der Waals surface area contributed by atoms with E-state index in [4.69, 9.17) is 9.84 Å². The number of hydrogen-bond donors (Lipinski definition) is 1. The van der Waals surface area contributed by atoms with Crippen LogP contribution in [0.1, 0.15) is 12.6 Å². The van der Waals surface area contributed by atoms with Crippen molar-refractivity contribution >= 4 is 5.97 Å². The van der Waals surface area contributed by atoms with Crippen molar-refractivity contribution in [2.75, 3.05) is 7.11 Å². The maximum absolute atomic E-state index is 10.6. The van der Waals surface area contributed by atoms with Gasteiger partial charge < -0.3 is 9.84 Å². The fourth-order valence-electron chi connectivity index (χ4n) is 1.04. The first kappa shape index (κ1) is 10.4. The molecule has 14 heavy (non-hydrogen) atoms. The van der Waals surface area contributed by atoms with Crippen molar-refractivity contribution in [3.8, 4) is 5.75 Å². The Labute approximate surface area is 81.8 Å². The molecule has 0 aliphatic rings. The lowest BCUT2D eigenvalue weighted by Gasteiger charge is -2.08. The molecular formula is C9H12N2O3. The lowest BCUT2D eigenvalue weighted by Crippen LogP contribution is -2.13. The summed E-state index contributed by atoms with van der Waals surface area (Å²) in [4.78, 5) is 18.4. The highest BCUT2D eigenvalue weighted by Crippen LogP contribution is 2.16. The van der Waals surface area contributed by atoms with E-state index in [-0.39, 0.29) is 0 Å². The molecule has 0 radical (unpaired) electrons. The van der Waals surface area contributed by atoms with Crippen molar-refractivity contribution in [1.82, 2.24) is 9.97 Å². The smallest absolute Gasteiger partial charge is 0.306 e. The maximum Gasteiger partial charge on any atom is 0.306 e. The molecule has 0 amide bonds. The van der Waals surface area contributed by atoms with E-state index in [2.05, 4.69) is 9.97 Å². The summed E-state index contributed by atoms with van der Waals surface area (Å²) in [5.74, 6) is -0.787. The minimum atomic E-state index is -0.842. The van der Waals surface area contributed by atoms with Crippen LogP contribution in [0.3, 0.4) is 0 Å². The number of ether oxygens (including phenoxy) is 1. The van der Waals surface area contributed by atoms with Gasteiger partial charge in [-0.15, -0.1) is 0 Å². The first-order chi connectivity index (χ1) is 6.65. The van der Waals surface area contributed by atoms with Gasteiger partial charge in [0.15, 0.2) is 5.75 Å². The molecule has 0 saturated heterocycles. The highest BCUT2D eigenvalue weighted by molar-refractivity contribution is 5.69. The van der Waals surface area contributed by atoms with Crippen LogP contribution < -0.4 is 4.74 Å². The van der Waals surface area contributed by atoms with Gasteiger partial charge in [0.25, 0.3) is 0 Å². The van der Waals surface area contributed by atoms with Crippen LogP contribution in [-0.4, -0.2) is 28.2 Å². The van der Waals surface area contributed by atoms with E-state index >= 15 is 0 Å². The zero-order valence-corrected chi connectivity index (χ0v) is 8.10. The molecule has 0 saturated carbocycles. The quantitative estimate of drug-likeness (QED) is 0.769. The summed E-state index contributed by atoms with van der Waals surface area (Å²) in [6, 6.07) is 0. The van der Waals surface area contributed by atoms with Crippen LogP contribution in [-0.2, 0) is 11.2 Å². The van der Waals surface area contributed by atoms with Crippen LogP contribution in [0.15, 0.2) is 12.5 Å². The Balaban J connectivity index is 2.80. The Hall–Kier alpha value is -1.65. The summed E-state index contributed by atoms with van der Waals surface area (Å²) in [6.45, 7) is 1.63. The Morgan fingerprint density at radius 3 is 3.00 bits per heavy atom. The number of aliphatic carboxylic acids is 1. The summed E-state index contributed by atoms with van der Waals surface area (Å²) < 4.78 is 5.01. The average molecular weight is 196 g/mol. The summed E-state index contributed by atoms with van der Waals surface area (Å²) in [5, 5.41) is 8.72. The van der Waals surface area contributed by atoms with Crippen LogP contribution in [0.25, 0.3) is 0 Å². The standard InChI is InChI=1S/C9H12N2O3/c1-6(9(12)13)3-7-8(14-2)4-10-5-11-7/h4-6H,3H2,1-2H3,(H,12,13). The molecule has 1 atom stereocenters. The Morgan fingerprint density at radius 1 is 1.71 bits per heavy atom. The second kappa shape index (κ2) is 4.55. The number of nitrogens with zero attached hydrogens (tertiary/aromatic N) is 2. The molecule has 1 aromatic rings. The van der Waals surface area contributed by atoms with Crippen LogP contribution in [0, 0.1) is 5.92 Å². The minimum absolute atomic E-state index is 0.348. The molecule has 1 heterocycles. The van der Waals surface area contributed by atoms with Gasteiger partial charge in [0, 0.05) is 6.42 Å². The maximum atomic E-state index is 10.6. The van der Waals surface area contributed by atoms with Crippen molar-refractivity contribution in [2.45, 2.75) is 13.3 Å². The van der Waals surface area contributed by atoms with Crippen LogP contribution in [0.2, 0.25) is 0 Å². The van der Waals surface area contributed by atoms with Gasteiger partial charge in [-0.1, -0.05) is 6.92 Å². The number of carboxylic acid groups (broad SMARTS) is 1. The molecule has 1 N–H and O–H groups in total. The second-order valence-corrected chi connectivity index (χ2v) is 2.98. The van der Waals surface area contributed by atoms with Gasteiger partial charge in [0.2, 0.25) is 0 Å². The SMILES string of the molecule is COc1cncnc1CC(C)C(=O)O. The van der Waals surface area contributed by atoms with Gasteiger partial charge in [-0.3, -0.25) is 4.79 Å². The van der Waals surface area contributed by atoms with Crippen molar-refractivity contribution in [3.63, 3.8) is 0 Å². The van der Waals surface area contributed by atoms with Crippen LogP contribution in [0.4, 0.5) is 0 Å². The Morgan fingerprint density at radius 2 is 2.43 bits per heavy atom. The lowest BCUT2D eigenvalue weighted by atomic mass is 10.1. The van der Waals surface area contributed by atoms with E-state index in [9.17, 15) is 4.79 Å². The van der Waals surface area contributed by atoms with Gasteiger partial charge in [-0.25, -0.2) is 9.97 Å². The molecule has 1 aromatic heterocycles. The van der Waals surface area contributed by atoms with E-state index < -0.39 is 11.9 Å². The summed E-state index contributed by atoms with van der Waals surface area (Å²) in [6.07, 6.45) is 3.25. The van der Waals surface area contributed by atoms with Crippen LogP contribution in [0.5, 0.6) is 5.75 Å². The molecule has 0 spiro atoms. The first-order valence-corrected chi connectivity index (χ1v) is 4.20. The minimum Gasteiger partial charge on any atom is -0.493 e. The summed E-state index contributed by atoms with van der Waals surface area (Å²) >= 11 is 0. The van der Waals surface area contributed by atoms with Crippen molar-refractivity contribution in [3.05, 3.63) is 18.2 Å². The van der Waals surface area contributed by atoms with Gasteiger partial charge in [0.1, 0.15) is 6.33 Å². The first-order valence-electron chi connectivity index (χ1n) is 4.20. The molecule has 0 aliphatic carbocycles. The predicted octanol–water partition coefficient (Wildman–Crippen LogP) is 0.748. The largest absolute Gasteiger partial charge is 0.493 e. The summed E-state index contributed by atoms with van der Waals surface area (Å²) in [5.41, 5.74) is 0.623. The van der Waals surface area contributed by atoms with E-state index in [0.717, 1.165) is 0 Å². The van der Waals surface area contributed by atoms with Gasteiger partial charge in [-0.05, 0) is 0 Å². The fraction of sp³-hybridized carbons (Fsp3) is 0.444. The third kappa shape index (κ3) is 2.42. The number of rotatable bonds is 4. The molecule has 0 bridgehead atoms. The number of methoxy groups -OCH3 is 1. The summed E-state index contributed by atoms with van der Waals surface area (Å²) in [7, 11) is 1.51. The molecule has 1 rings (SSSR count). The van der Waals surface area contributed by atoms with E-state index in [1.165, 1.54) is 19.6 Å². The average Bonchev–Trinajstić information content (AvgIpc) is 2.18. The molecule has 5 nitrogen and oxygen atoms in total.